The van der Waals surface area contributed by atoms with Gasteiger partial charge in [-0.05, 0) is 37.8 Å². The van der Waals surface area contributed by atoms with Crippen molar-refractivity contribution in [2.24, 2.45) is 5.92 Å². The molecule has 19 heavy (non-hydrogen) atoms. The molecule has 0 aliphatic heterocycles. The van der Waals surface area contributed by atoms with Crippen molar-refractivity contribution in [1.82, 2.24) is 15.0 Å². The summed E-state index contributed by atoms with van der Waals surface area (Å²) in [4.78, 5) is 14.6. The lowest BCUT2D eigenvalue weighted by Crippen LogP contribution is -2.25. The number of anilines is 2. The normalized spacial score (nSPS) is 12.3. The number of nitrogens with zero attached hydrogens (tertiary/aromatic N) is 4. The van der Waals surface area contributed by atoms with Crippen molar-refractivity contribution in [2.75, 3.05) is 36.5 Å². The highest BCUT2D eigenvalue weighted by molar-refractivity contribution is 6.28. The van der Waals surface area contributed by atoms with Crippen LogP contribution >= 0.6 is 11.6 Å². The summed E-state index contributed by atoms with van der Waals surface area (Å²) in [6.07, 6.45) is 0.745. The molecule has 0 spiro atoms. The molecule has 1 unspecified atom stereocenters. The number of aliphatic hydroxyl groups is 1. The Balaban J connectivity index is 2.73. The molecule has 1 aromatic rings. The molecule has 7 heteroatoms. The first-order valence-corrected chi connectivity index (χ1v) is 6.99. The maximum Gasteiger partial charge on any atom is 0.231 e. The van der Waals surface area contributed by atoms with Gasteiger partial charge in [-0.3, -0.25) is 0 Å². The largest absolute Gasteiger partial charge is 0.396 e. The van der Waals surface area contributed by atoms with Crippen LogP contribution in [0.4, 0.5) is 11.9 Å². The van der Waals surface area contributed by atoms with Crippen LogP contribution < -0.4 is 10.2 Å². The minimum Gasteiger partial charge on any atom is -0.396 e. The van der Waals surface area contributed by atoms with Crippen molar-refractivity contribution in [3.63, 3.8) is 0 Å². The SMILES string of the molecule is CCN(CC)c1nc(Cl)nc(NCC(C)CCO)n1. The zero-order chi connectivity index (χ0) is 14.3. The predicted octanol–water partition coefficient (Wildman–Crippen LogP) is 1.80. The molecular formula is C12H22ClN5O. The van der Waals surface area contributed by atoms with E-state index in [0.29, 0.717) is 24.4 Å². The zero-order valence-electron chi connectivity index (χ0n) is 11.7. The molecule has 108 valence electrons. The van der Waals surface area contributed by atoms with E-state index in [1.54, 1.807) is 0 Å². The highest BCUT2D eigenvalue weighted by atomic mass is 35.5. The van der Waals surface area contributed by atoms with Crippen LogP contribution in [0.1, 0.15) is 27.2 Å². The smallest absolute Gasteiger partial charge is 0.231 e. The molecule has 0 amide bonds. The quantitative estimate of drug-likeness (QED) is 0.759. The standard InChI is InChI=1S/C12H22ClN5O/c1-4-18(5-2)12-16-10(13)15-11(17-12)14-8-9(3)6-7-19/h9,19H,4-8H2,1-3H3,(H,14,15,16,17). The predicted molar refractivity (Wildman–Crippen MR) is 77.8 cm³/mol. The van der Waals surface area contributed by atoms with E-state index in [2.05, 4.69) is 27.2 Å². The van der Waals surface area contributed by atoms with Crippen LogP contribution in [0, 0.1) is 5.92 Å². The van der Waals surface area contributed by atoms with Crippen molar-refractivity contribution in [1.29, 1.82) is 0 Å². The molecule has 1 rings (SSSR count). The summed E-state index contributed by atoms with van der Waals surface area (Å²) < 4.78 is 0. The van der Waals surface area contributed by atoms with Crippen LogP contribution in [0.5, 0.6) is 0 Å². The minimum atomic E-state index is 0.186. The Kier molecular flexibility index (Phi) is 6.80. The van der Waals surface area contributed by atoms with Gasteiger partial charge in [-0.15, -0.1) is 0 Å². The lowest BCUT2D eigenvalue weighted by atomic mass is 10.1. The summed E-state index contributed by atoms with van der Waals surface area (Å²) in [5.41, 5.74) is 0. The monoisotopic (exact) mass is 287 g/mol. The van der Waals surface area contributed by atoms with E-state index in [1.807, 2.05) is 18.7 Å². The Hall–Kier alpha value is -1.14. The van der Waals surface area contributed by atoms with E-state index in [4.69, 9.17) is 16.7 Å². The molecule has 2 N–H and O–H groups in total. The molecule has 0 saturated carbocycles. The lowest BCUT2D eigenvalue weighted by Gasteiger charge is -2.19. The first-order valence-electron chi connectivity index (χ1n) is 6.61. The van der Waals surface area contributed by atoms with E-state index in [9.17, 15) is 0 Å². The van der Waals surface area contributed by atoms with Crippen molar-refractivity contribution in [2.45, 2.75) is 27.2 Å². The van der Waals surface area contributed by atoms with Crippen molar-refractivity contribution < 1.29 is 5.11 Å². The van der Waals surface area contributed by atoms with E-state index in [0.717, 1.165) is 19.5 Å². The second-order valence-electron chi connectivity index (χ2n) is 4.40. The highest BCUT2D eigenvalue weighted by Crippen LogP contribution is 2.14. The van der Waals surface area contributed by atoms with Crippen LogP contribution in [-0.2, 0) is 0 Å². The Morgan fingerprint density at radius 2 is 1.95 bits per heavy atom. The van der Waals surface area contributed by atoms with Gasteiger partial charge in [-0.2, -0.15) is 15.0 Å². The first kappa shape index (κ1) is 15.9. The van der Waals surface area contributed by atoms with Crippen LogP contribution in [0.2, 0.25) is 5.28 Å². The third-order valence-corrected chi connectivity index (χ3v) is 3.04. The molecule has 0 radical (unpaired) electrons. The molecule has 1 aromatic heterocycles. The summed E-state index contributed by atoms with van der Waals surface area (Å²) in [6.45, 7) is 8.64. The van der Waals surface area contributed by atoms with Gasteiger partial charge >= 0.3 is 0 Å². The number of halogens is 1. The number of hydrogen-bond acceptors (Lipinski definition) is 6. The van der Waals surface area contributed by atoms with E-state index in [-0.39, 0.29) is 11.9 Å². The van der Waals surface area contributed by atoms with Gasteiger partial charge in [0.25, 0.3) is 0 Å². The molecular weight excluding hydrogens is 266 g/mol. The van der Waals surface area contributed by atoms with E-state index < -0.39 is 0 Å². The number of aliphatic hydroxyl groups excluding tert-OH is 1. The van der Waals surface area contributed by atoms with Crippen LogP contribution in [0.3, 0.4) is 0 Å². The Labute approximate surface area is 119 Å². The van der Waals surface area contributed by atoms with Gasteiger partial charge in [0.15, 0.2) is 0 Å². The highest BCUT2D eigenvalue weighted by Gasteiger charge is 2.10. The van der Waals surface area contributed by atoms with E-state index in [1.165, 1.54) is 0 Å². The van der Waals surface area contributed by atoms with Crippen molar-refractivity contribution in [3.8, 4) is 0 Å². The molecule has 0 aromatic carbocycles. The first-order chi connectivity index (χ1) is 9.10. The second kappa shape index (κ2) is 8.12. The fourth-order valence-corrected chi connectivity index (χ4v) is 1.81. The van der Waals surface area contributed by atoms with Gasteiger partial charge in [0, 0.05) is 26.2 Å². The summed E-state index contributed by atoms with van der Waals surface area (Å²) in [6, 6.07) is 0. The fraction of sp³-hybridized carbons (Fsp3) is 0.750. The number of aromatic nitrogens is 3. The van der Waals surface area contributed by atoms with Crippen LogP contribution in [0.15, 0.2) is 0 Å². The van der Waals surface area contributed by atoms with Crippen LogP contribution in [-0.4, -0.2) is 46.3 Å². The summed E-state index contributed by atoms with van der Waals surface area (Å²) in [5.74, 6) is 1.41. The maximum atomic E-state index is 8.86. The average Bonchev–Trinajstić information content (AvgIpc) is 2.38. The number of nitrogens with one attached hydrogen (secondary N) is 1. The van der Waals surface area contributed by atoms with Crippen molar-refractivity contribution >= 4 is 23.5 Å². The molecule has 0 aliphatic carbocycles. The molecule has 0 fully saturated rings. The molecule has 0 aliphatic rings. The summed E-state index contributed by atoms with van der Waals surface area (Å²) in [7, 11) is 0. The number of hydrogen-bond donors (Lipinski definition) is 2. The Bertz CT molecular complexity index is 386. The van der Waals surface area contributed by atoms with Gasteiger partial charge in [0.1, 0.15) is 0 Å². The average molecular weight is 288 g/mol. The molecule has 1 heterocycles. The zero-order valence-corrected chi connectivity index (χ0v) is 12.5. The van der Waals surface area contributed by atoms with Crippen LogP contribution in [0.25, 0.3) is 0 Å². The summed E-state index contributed by atoms with van der Waals surface area (Å²) in [5, 5.41) is 12.2. The van der Waals surface area contributed by atoms with Gasteiger partial charge in [0.2, 0.25) is 17.2 Å². The Morgan fingerprint density at radius 3 is 2.53 bits per heavy atom. The molecule has 6 nitrogen and oxygen atoms in total. The fourth-order valence-electron chi connectivity index (χ4n) is 1.65. The van der Waals surface area contributed by atoms with Gasteiger partial charge in [0.05, 0.1) is 0 Å². The van der Waals surface area contributed by atoms with Gasteiger partial charge < -0.3 is 15.3 Å². The summed E-state index contributed by atoms with van der Waals surface area (Å²) >= 11 is 5.92. The topological polar surface area (TPSA) is 74.2 Å². The third kappa shape index (κ3) is 5.16. The van der Waals surface area contributed by atoms with Gasteiger partial charge in [-0.1, -0.05) is 6.92 Å². The third-order valence-electron chi connectivity index (χ3n) is 2.87. The van der Waals surface area contributed by atoms with E-state index >= 15 is 0 Å². The maximum absolute atomic E-state index is 8.86. The van der Waals surface area contributed by atoms with Gasteiger partial charge in [-0.25, -0.2) is 0 Å². The lowest BCUT2D eigenvalue weighted by molar-refractivity contribution is 0.265. The molecule has 1 atom stereocenters. The number of rotatable bonds is 8. The Morgan fingerprint density at radius 1 is 1.26 bits per heavy atom. The minimum absolute atomic E-state index is 0.186. The molecule has 0 bridgehead atoms. The second-order valence-corrected chi connectivity index (χ2v) is 4.74. The van der Waals surface area contributed by atoms with Crippen molar-refractivity contribution in [3.05, 3.63) is 5.28 Å². The molecule has 0 saturated heterocycles.